The second kappa shape index (κ2) is 14.2. The molecule has 214 valence electrons. The van der Waals surface area contributed by atoms with Crippen molar-refractivity contribution in [3.63, 3.8) is 0 Å². The molecule has 0 bridgehead atoms. The Morgan fingerprint density at radius 2 is 1.77 bits per heavy atom. The summed E-state index contributed by atoms with van der Waals surface area (Å²) in [5.74, 6) is -0.459. The predicted molar refractivity (Wildman–Crippen MR) is 156 cm³/mol. The number of amides is 2. The number of hydrogen-bond acceptors (Lipinski definition) is 5. The molecule has 39 heavy (non-hydrogen) atoms. The predicted octanol–water partition coefficient (Wildman–Crippen LogP) is 5.41. The number of hydrogen-bond donors (Lipinski definition) is 1. The van der Waals surface area contributed by atoms with Crippen LogP contribution >= 0.6 is 23.2 Å². The van der Waals surface area contributed by atoms with E-state index in [4.69, 9.17) is 27.9 Å². The van der Waals surface area contributed by atoms with Crippen molar-refractivity contribution in [3.05, 3.63) is 58.1 Å². The quantitative estimate of drug-likeness (QED) is 0.352. The molecule has 8 nitrogen and oxygen atoms in total. The van der Waals surface area contributed by atoms with E-state index in [0.29, 0.717) is 34.4 Å². The van der Waals surface area contributed by atoms with Gasteiger partial charge in [0.1, 0.15) is 18.3 Å². The molecular formula is C28H37Cl2N3O5S. The van der Waals surface area contributed by atoms with Gasteiger partial charge in [0, 0.05) is 22.6 Å². The van der Waals surface area contributed by atoms with Gasteiger partial charge < -0.3 is 15.0 Å². The summed E-state index contributed by atoms with van der Waals surface area (Å²) in [5, 5.41) is 3.91. The van der Waals surface area contributed by atoms with E-state index in [9.17, 15) is 18.0 Å². The van der Waals surface area contributed by atoms with Crippen LogP contribution in [0.3, 0.4) is 0 Å². The molecule has 1 aliphatic rings. The molecule has 0 radical (unpaired) electrons. The minimum atomic E-state index is -3.89. The lowest BCUT2D eigenvalue weighted by molar-refractivity contribution is -0.140. The fraction of sp³-hybridized carbons (Fsp3) is 0.500. The molecule has 0 heterocycles. The van der Waals surface area contributed by atoms with Crippen LogP contribution in [0.4, 0.5) is 5.69 Å². The highest BCUT2D eigenvalue weighted by atomic mass is 35.5. The molecule has 2 aromatic carbocycles. The highest BCUT2D eigenvalue weighted by Crippen LogP contribution is 2.31. The number of nitrogens with zero attached hydrogens (tertiary/aromatic N) is 2. The number of carbonyl (C=O) groups is 2. The molecule has 0 spiro atoms. The van der Waals surface area contributed by atoms with Crippen LogP contribution in [0.25, 0.3) is 0 Å². The van der Waals surface area contributed by atoms with Gasteiger partial charge in [-0.1, -0.05) is 67.6 Å². The number of ether oxygens (including phenoxy) is 1. The first-order valence-corrected chi connectivity index (χ1v) is 15.9. The molecule has 0 aliphatic heterocycles. The van der Waals surface area contributed by atoms with Gasteiger partial charge in [0.25, 0.3) is 0 Å². The molecule has 0 unspecified atom stereocenters. The molecule has 11 heteroatoms. The monoisotopic (exact) mass is 597 g/mol. The highest BCUT2D eigenvalue weighted by Gasteiger charge is 2.33. The third kappa shape index (κ3) is 8.50. The van der Waals surface area contributed by atoms with E-state index in [2.05, 4.69) is 5.32 Å². The van der Waals surface area contributed by atoms with E-state index in [-0.39, 0.29) is 24.2 Å². The van der Waals surface area contributed by atoms with Crippen LogP contribution in [-0.4, -0.2) is 56.6 Å². The van der Waals surface area contributed by atoms with Gasteiger partial charge in [-0.05, 0) is 56.0 Å². The number of anilines is 1. The van der Waals surface area contributed by atoms with Crippen LogP contribution < -0.4 is 14.4 Å². The molecule has 1 fully saturated rings. The minimum absolute atomic E-state index is 0.0101. The Kier molecular flexibility index (Phi) is 11.3. The maximum absolute atomic E-state index is 14.0. The van der Waals surface area contributed by atoms with Crippen molar-refractivity contribution >= 4 is 50.7 Å². The average Bonchev–Trinajstić information content (AvgIpc) is 2.89. The van der Waals surface area contributed by atoms with Crippen LogP contribution in [0.15, 0.2) is 42.5 Å². The van der Waals surface area contributed by atoms with Gasteiger partial charge in [-0.2, -0.15) is 0 Å². The first kappa shape index (κ1) is 31.0. The van der Waals surface area contributed by atoms with E-state index in [1.165, 1.54) is 4.90 Å². The number of sulfonamides is 1. The summed E-state index contributed by atoms with van der Waals surface area (Å²) in [6, 6.07) is 10.8. The molecule has 1 aliphatic carbocycles. The standard InChI is InChI=1S/C28H37Cl2N3O5S/c1-4-24(28(35)31-22-11-7-6-8-12-22)32(18-20-15-16-21(29)17-23(20)30)27(34)19-33(39(3,36)37)25-13-9-10-14-26(25)38-5-2/h9-10,13-17,22,24H,4-8,11-12,18-19H2,1-3H3,(H,31,35)/t24-/m1/s1. The van der Waals surface area contributed by atoms with Gasteiger partial charge >= 0.3 is 0 Å². The Labute approximate surface area is 241 Å². The molecule has 2 aromatic rings. The zero-order chi connectivity index (χ0) is 28.6. The Morgan fingerprint density at radius 3 is 2.38 bits per heavy atom. The summed E-state index contributed by atoms with van der Waals surface area (Å²) in [6.45, 7) is 3.44. The van der Waals surface area contributed by atoms with Crippen LogP contribution in [0.2, 0.25) is 10.0 Å². The SMILES string of the molecule is CCOc1ccccc1N(CC(=O)N(Cc1ccc(Cl)cc1Cl)[C@H](CC)C(=O)NC1CCCCC1)S(C)(=O)=O. The molecule has 2 amide bonds. The van der Waals surface area contributed by atoms with Gasteiger partial charge in [0.15, 0.2) is 0 Å². The lowest BCUT2D eigenvalue weighted by Crippen LogP contribution is -2.54. The zero-order valence-electron chi connectivity index (χ0n) is 22.7. The zero-order valence-corrected chi connectivity index (χ0v) is 25.0. The summed E-state index contributed by atoms with van der Waals surface area (Å²) in [6.07, 6.45) is 6.42. The fourth-order valence-electron chi connectivity index (χ4n) is 4.83. The minimum Gasteiger partial charge on any atom is -0.492 e. The maximum Gasteiger partial charge on any atom is 0.244 e. The Bertz CT molecular complexity index is 1250. The highest BCUT2D eigenvalue weighted by molar-refractivity contribution is 7.92. The van der Waals surface area contributed by atoms with Gasteiger partial charge in [0.05, 0.1) is 18.6 Å². The molecule has 1 saturated carbocycles. The average molecular weight is 599 g/mol. The second-order valence-corrected chi connectivity index (χ2v) is 12.4. The summed E-state index contributed by atoms with van der Waals surface area (Å²) >= 11 is 12.5. The van der Waals surface area contributed by atoms with Crippen molar-refractivity contribution < 1.29 is 22.7 Å². The summed E-state index contributed by atoms with van der Waals surface area (Å²) in [5.41, 5.74) is 0.846. The molecule has 0 aromatic heterocycles. The van der Waals surface area contributed by atoms with Crippen LogP contribution in [0.5, 0.6) is 5.75 Å². The first-order chi connectivity index (χ1) is 18.5. The molecule has 1 atom stereocenters. The van der Waals surface area contributed by atoms with Gasteiger partial charge in [-0.3, -0.25) is 13.9 Å². The van der Waals surface area contributed by atoms with Gasteiger partial charge in [0.2, 0.25) is 21.8 Å². The van der Waals surface area contributed by atoms with E-state index in [1.54, 1.807) is 49.4 Å². The fourth-order valence-corrected chi connectivity index (χ4v) is 6.15. The van der Waals surface area contributed by atoms with E-state index in [1.807, 2.05) is 6.92 Å². The number of halogens is 2. The van der Waals surface area contributed by atoms with Gasteiger partial charge in [-0.15, -0.1) is 0 Å². The summed E-state index contributed by atoms with van der Waals surface area (Å²) in [4.78, 5) is 28.9. The number of para-hydroxylation sites is 2. The Morgan fingerprint density at radius 1 is 1.08 bits per heavy atom. The normalized spacial score (nSPS) is 14.9. The van der Waals surface area contributed by atoms with Crippen molar-refractivity contribution in [2.75, 3.05) is 23.7 Å². The van der Waals surface area contributed by atoms with Crippen molar-refractivity contribution in [2.24, 2.45) is 0 Å². The smallest absolute Gasteiger partial charge is 0.244 e. The molecule has 1 N–H and O–H groups in total. The number of nitrogens with one attached hydrogen (secondary N) is 1. The topological polar surface area (TPSA) is 96.0 Å². The first-order valence-electron chi connectivity index (χ1n) is 13.3. The summed E-state index contributed by atoms with van der Waals surface area (Å²) < 4.78 is 32.5. The third-order valence-corrected chi connectivity index (χ3v) is 8.52. The van der Waals surface area contributed by atoms with Crippen LogP contribution in [0, 0.1) is 0 Å². The lowest BCUT2D eigenvalue weighted by Gasteiger charge is -2.34. The number of rotatable bonds is 12. The van der Waals surface area contributed by atoms with Gasteiger partial charge in [-0.25, -0.2) is 8.42 Å². The van der Waals surface area contributed by atoms with E-state index in [0.717, 1.165) is 42.7 Å². The van der Waals surface area contributed by atoms with Crippen molar-refractivity contribution in [1.29, 1.82) is 0 Å². The number of carbonyl (C=O) groups excluding carboxylic acids is 2. The maximum atomic E-state index is 14.0. The van der Waals surface area contributed by atoms with Crippen molar-refractivity contribution in [1.82, 2.24) is 10.2 Å². The van der Waals surface area contributed by atoms with Crippen molar-refractivity contribution in [2.45, 2.75) is 71.0 Å². The number of benzene rings is 2. The molecule has 0 saturated heterocycles. The Balaban J connectivity index is 1.97. The van der Waals surface area contributed by atoms with Crippen LogP contribution in [0.1, 0.15) is 57.9 Å². The Hall–Kier alpha value is -2.49. The molecule has 3 rings (SSSR count). The van der Waals surface area contributed by atoms with E-state index < -0.39 is 28.5 Å². The van der Waals surface area contributed by atoms with Crippen molar-refractivity contribution in [3.8, 4) is 5.75 Å². The second-order valence-electron chi connectivity index (χ2n) is 9.70. The van der Waals surface area contributed by atoms with Crippen LogP contribution in [-0.2, 0) is 26.2 Å². The lowest BCUT2D eigenvalue weighted by atomic mass is 9.95. The largest absolute Gasteiger partial charge is 0.492 e. The van der Waals surface area contributed by atoms with E-state index >= 15 is 0 Å². The summed E-state index contributed by atoms with van der Waals surface area (Å²) in [7, 11) is -3.89. The third-order valence-electron chi connectivity index (χ3n) is 6.81. The molecular weight excluding hydrogens is 561 g/mol.